The number of aliphatic hydroxyl groups is 1. The molecular weight excluding hydrogens is 346 g/mol. The van der Waals surface area contributed by atoms with Crippen LogP contribution in [0.3, 0.4) is 0 Å². The van der Waals surface area contributed by atoms with Crippen molar-refractivity contribution >= 4 is 31.6 Å². The van der Waals surface area contributed by atoms with Gasteiger partial charge in [0.25, 0.3) is 10.0 Å². The number of anilines is 1. The number of sulfonamides is 1. The van der Waals surface area contributed by atoms with Gasteiger partial charge in [-0.15, -0.1) is 0 Å². The van der Waals surface area contributed by atoms with Crippen LogP contribution in [-0.2, 0) is 16.6 Å². The van der Waals surface area contributed by atoms with Gasteiger partial charge in [0.15, 0.2) is 0 Å². The number of nitrogens with one attached hydrogen (secondary N) is 1. The number of rotatable bonds is 4. The Morgan fingerprint density at radius 2 is 2.05 bits per heavy atom. The van der Waals surface area contributed by atoms with Crippen molar-refractivity contribution in [1.29, 1.82) is 0 Å². The summed E-state index contributed by atoms with van der Waals surface area (Å²) in [5, 5.41) is 9.00. The zero-order chi connectivity index (χ0) is 14.9. The van der Waals surface area contributed by atoms with E-state index in [1.54, 1.807) is 19.1 Å². The standard InChI is InChI=1S/C13H14BrNO4S/c1-8-11(14)4-3-5-12(8)15-20(17,18)13-6-10(7-16)19-9(13)2/h3-6,15-16H,7H2,1-2H3. The molecule has 2 N–H and O–H groups in total. The number of aryl methyl sites for hydroxylation is 1. The van der Waals surface area contributed by atoms with E-state index in [-0.39, 0.29) is 23.0 Å². The highest BCUT2D eigenvalue weighted by Crippen LogP contribution is 2.27. The molecule has 5 nitrogen and oxygen atoms in total. The van der Waals surface area contributed by atoms with E-state index in [0.29, 0.717) is 5.69 Å². The maximum atomic E-state index is 12.3. The van der Waals surface area contributed by atoms with Crippen molar-refractivity contribution in [2.45, 2.75) is 25.3 Å². The highest BCUT2D eigenvalue weighted by molar-refractivity contribution is 9.10. The lowest BCUT2D eigenvalue weighted by Gasteiger charge is -2.10. The number of furan rings is 1. The van der Waals surface area contributed by atoms with Crippen LogP contribution in [0.1, 0.15) is 17.1 Å². The molecule has 1 heterocycles. The highest BCUT2D eigenvalue weighted by Gasteiger charge is 2.22. The van der Waals surface area contributed by atoms with Crippen molar-refractivity contribution in [2.75, 3.05) is 4.72 Å². The number of halogens is 1. The Bertz CT molecular complexity index is 737. The van der Waals surface area contributed by atoms with Crippen molar-refractivity contribution in [3.05, 3.63) is 45.8 Å². The number of hydrogen-bond donors (Lipinski definition) is 2. The number of hydrogen-bond acceptors (Lipinski definition) is 4. The summed E-state index contributed by atoms with van der Waals surface area (Å²) >= 11 is 3.35. The lowest BCUT2D eigenvalue weighted by Crippen LogP contribution is -2.14. The highest BCUT2D eigenvalue weighted by atomic mass is 79.9. The SMILES string of the molecule is Cc1oc(CO)cc1S(=O)(=O)Nc1cccc(Br)c1C. The molecular formula is C13H14BrNO4S. The molecule has 0 aliphatic heterocycles. The van der Waals surface area contributed by atoms with Crippen molar-refractivity contribution in [2.24, 2.45) is 0 Å². The summed E-state index contributed by atoms with van der Waals surface area (Å²) in [5.74, 6) is 0.461. The largest absolute Gasteiger partial charge is 0.462 e. The minimum Gasteiger partial charge on any atom is -0.462 e. The van der Waals surface area contributed by atoms with Gasteiger partial charge in [0.1, 0.15) is 23.0 Å². The molecule has 0 unspecified atom stereocenters. The third kappa shape index (κ3) is 2.89. The topological polar surface area (TPSA) is 79.5 Å². The summed E-state index contributed by atoms with van der Waals surface area (Å²) in [6, 6.07) is 6.58. The molecule has 0 aliphatic rings. The first-order chi connectivity index (χ1) is 9.35. The molecule has 0 bridgehead atoms. The van der Waals surface area contributed by atoms with Gasteiger partial charge in [-0.25, -0.2) is 8.42 Å². The molecule has 0 amide bonds. The fourth-order valence-electron chi connectivity index (χ4n) is 1.79. The number of benzene rings is 1. The Morgan fingerprint density at radius 1 is 1.35 bits per heavy atom. The molecule has 0 spiro atoms. The van der Waals surface area contributed by atoms with Gasteiger partial charge in [-0.2, -0.15) is 0 Å². The molecule has 0 fully saturated rings. The van der Waals surface area contributed by atoms with E-state index in [1.807, 2.05) is 13.0 Å². The van der Waals surface area contributed by atoms with E-state index in [2.05, 4.69) is 20.7 Å². The number of aliphatic hydroxyl groups excluding tert-OH is 1. The van der Waals surface area contributed by atoms with Gasteiger partial charge < -0.3 is 9.52 Å². The second-order valence-corrected chi connectivity index (χ2v) is 6.81. The molecule has 108 valence electrons. The Hall–Kier alpha value is -1.31. The summed E-state index contributed by atoms with van der Waals surface area (Å²) in [7, 11) is -3.75. The van der Waals surface area contributed by atoms with Gasteiger partial charge in [-0.05, 0) is 31.5 Å². The van der Waals surface area contributed by atoms with E-state index in [9.17, 15) is 8.42 Å². The zero-order valence-electron chi connectivity index (χ0n) is 11.0. The van der Waals surface area contributed by atoms with E-state index in [4.69, 9.17) is 9.52 Å². The Balaban J connectivity index is 2.40. The third-order valence-electron chi connectivity index (χ3n) is 2.88. The molecule has 0 saturated heterocycles. The van der Waals surface area contributed by atoms with Crippen LogP contribution in [0.4, 0.5) is 5.69 Å². The molecule has 0 saturated carbocycles. The Kier molecular flexibility index (Phi) is 4.22. The zero-order valence-corrected chi connectivity index (χ0v) is 13.4. The Morgan fingerprint density at radius 3 is 2.65 bits per heavy atom. The quantitative estimate of drug-likeness (QED) is 0.879. The lowest BCUT2D eigenvalue weighted by atomic mass is 10.2. The third-order valence-corrected chi connectivity index (χ3v) is 5.21. The molecule has 1 aromatic carbocycles. The van der Waals surface area contributed by atoms with Crippen LogP contribution in [0.15, 0.2) is 38.1 Å². The van der Waals surface area contributed by atoms with Crippen LogP contribution < -0.4 is 4.72 Å². The monoisotopic (exact) mass is 359 g/mol. The van der Waals surface area contributed by atoms with E-state index >= 15 is 0 Å². The van der Waals surface area contributed by atoms with Gasteiger partial charge in [-0.1, -0.05) is 22.0 Å². The second-order valence-electron chi connectivity index (χ2n) is 4.31. The van der Waals surface area contributed by atoms with Crippen LogP contribution in [-0.4, -0.2) is 13.5 Å². The summed E-state index contributed by atoms with van der Waals surface area (Å²) in [4.78, 5) is 0.0286. The lowest BCUT2D eigenvalue weighted by molar-refractivity contribution is 0.245. The minimum absolute atomic E-state index is 0.0286. The van der Waals surface area contributed by atoms with E-state index < -0.39 is 10.0 Å². The molecule has 2 aromatic rings. The normalized spacial score (nSPS) is 11.6. The molecule has 20 heavy (non-hydrogen) atoms. The predicted molar refractivity (Wildman–Crippen MR) is 79.1 cm³/mol. The van der Waals surface area contributed by atoms with Crippen LogP contribution in [0.5, 0.6) is 0 Å². The van der Waals surface area contributed by atoms with Crippen LogP contribution in [0.2, 0.25) is 0 Å². The van der Waals surface area contributed by atoms with Crippen LogP contribution >= 0.6 is 15.9 Å². The first kappa shape index (κ1) is 15.1. The van der Waals surface area contributed by atoms with Crippen LogP contribution in [0, 0.1) is 13.8 Å². The molecule has 7 heteroatoms. The van der Waals surface area contributed by atoms with Crippen molar-refractivity contribution in [3.8, 4) is 0 Å². The second kappa shape index (κ2) is 5.59. The first-order valence-corrected chi connectivity index (χ1v) is 8.11. The molecule has 0 atom stereocenters. The minimum atomic E-state index is -3.75. The summed E-state index contributed by atoms with van der Waals surface area (Å²) in [6.07, 6.45) is 0. The van der Waals surface area contributed by atoms with Crippen molar-refractivity contribution in [1.82, 2.24) is 0 Å². The van der Waals surface area contributed by atoms with Gasteiger partial charge >= 0.3 is 0 Å². The summed E-state index contributed by atoms with van der Waals surface area (Å²) < 4.78 is 33.2. The molecule has 2 rings (SSSR count). The van der Waals surface area contributed by atoms with E-state index in [0.717, 1.165) is 10.0 Å². The maximum Gasteiger partial charge on any atom is 0.265 e. The maximum absolute atomic E-state index is 12.3. The molecule has 1 aromatic heterocycles. The average Bonchev–Trinajstić information content (AvgIpc) is 2.77. The van der Waals surface area contributed by atoms with Gasteiger partial charge in [-0.3, -0.25) is 4.72 Å². The van der Waals surface area contributed by atoms with Crippen molar-refractivity contribution in [3.63, 3.8) is 0 Å². The van der Waals surface area contributed by atoms with Gasteiger partial charge in [0.2, 0.25) is 0 Å². The van der Waals surface area contributed by atoms with Crippen LogP contribution in [0.25, 0.3) is 0 Å². The molecule has 0 aliphatic carbocycles. The fourth-order valence-corrected chi connectivity index (χ4v) is 3.48. The predicted octanol–water partition coefficient (Wildman–Crippen LogP) is 2.95. The first-order valence-electron chi connectivity index (χ1n) is 5.83. The van der Waals surface area contributed by atoms with Gasteiger partial charge in [0.05, 0.1) is 5.69 Å². The summed E-state index contributed by atoms with van der Waals surface area (Å²) in [6.45, 7) is 3.01. The van der Waals surface area contributed by atoms with Gasteiger partial charge in [0, 0.05) is 10.5 Å². The fraction of sp³-hybridized carbons (Fsp3) is 0.231. The molecule has 0 radical (unpaired) electrons. The average molecular weight is 360 g/mol. The van der Waals surface area contributed by atoms with Crippen molar-refractivity contribution < 1.29 is 17.9 Å². The van der Waals surface area contributed by atoms with E-state index in [1.165, 1.54) is 6.07 Å². The summed E-state index contributed by atoms with van der Waals surface area (Å²) in [5.41, 5.74) is 1.28. The smallest absolute Gasteiger partial charge is 0.265 e. The Labute approximate surface area is 125 Å².